The second kappa shape index (κ2) is 25.6. The first-order valence-electron chi connectivity index (χ1n) is 25.2. The Balaban J connectivity index is 0.000000192. The van der Waals surface area contributed by atoms with Crippen molar-refractivity contribution >= 4 is 21.8 Å². The van der Waals surface area contributed by atoms with E-state index in [9.17, 15) is 0 Å². The van der Waals surface area contributed by atoms with Gasteiger partial charge in [0.2, 0.25) is 11.8 Å². The summed E-state index contributed by atoms with van der Waals surface area (Å²) in [6.45, 7) is 38.6. The van der Waals surface area contributed by atoms with Crippen molar-refractivity contribution in [3.05, 3.63) is 205 Å². The average molecular weight is 979 g/mol. The third-order valence-electron chi connectivity index (χ3n) is 11.0. The van der Waals surface area contributed by atoms with Crippen LogP contribution in [0.4, 0.5) is 0 Å². The van der Waals surface area contributed by atoms with E-state index in [1.165, 1.54) is 10.8 Å². The predicted molar refractivity (Wildman–Crippen MR) is 306 cm³/mol. The van der Waals surface area contributed by atoms with Gasteiger partial charge in [-0.15, -0.1) is 10.2 Å². The first-order chi connectivity index (χ1) is 34.0. The van der Waals surface area contributed by atoms with Gasteiger partial charge in [-0.3, -0.25) is 19.9 Å². The lowest BCUT2D eigenvalue weighted by Gasteiger charge is -2.17. The Morgan fingerprint density at radius 3 is 1.04 bits per heavy atom. The number of hydrogen-bond acceptors (Lipinski definition) is 9. The molecule has 384 valence electrons. The number of fused-ring (bicyclic) bond motifs is 2. The first-order valence-corrected chi connectivity index (χ1v) is 25.2. The monoisotopic (exact) mass is 979 g/mol. The molecule has 73 heavy (non-hydrogen) atoms. The summed E-state index contributed by atoms with van der Waals surface area (Å²) in [4.78, 5) is 25.8. The van der Waals surface area contributed by atoms with E-state index >= 15 is 0 Å². The summed E-state index contributed by atoms with van der Waals surface area (Å²) in [7, 11) is 0. The Bertz CT molecular complexity index is 2780. The standard InChI is InChI=1S/2C13H15N.C12H14N2O.2C9H13N.C8H12N2/c2*1-13(2,3)12-9-8-10-6-4-5-7-11(10)14-12;1-12(2,3)11-14-13-10(15-11)9-7-5-4-6-8-9;2*1-9(2,3)8-6-4-5-7-10-8;1-8(2,3)7-4-5-9-6-10-7/h2*4-9H,1-3H3;4-8H,1-3H3;2*4-7H,1-3H3;4-6H,1-3H3. The Kier molecular flexibility index (Phi) is 20.5. The maximum atomic E-state index is 5.61. The van der Waals surface area contributed by atoms with E-state index in [0.717, 1.165) is 45.1 Å². The van der Waals surface area contributed by atoms with Gasteiger partial charge >= 0.3 is 0 Å². The van der Waals surface area contributed by atoms with Crippen LogP contribution < -0.4 is 0 Å². The Morgan fingerprint density at radius 1 is 0.315 bits per heavy atom. The number of rotatable bonds is 1. The number of para-hydroxylation sites is 2. The summed E-state index contributed by atoms with van der Waals surface area (Å²) in [6, 6.07) is 48.7. The molecule has 6 heterocycles. The first kappa shape index (κ1) is 58.6. The van der Waals surface area contributed by atoms with Gasteiger partial charge in [-0.25, -0.2) is 9.97 Å². The van der Waals surface area contributed by atoms with Gasteiger partial charge in [-0.2, -0.15) is 0 Å². The highest BCUT2D eigenvalue weighted by molar-refractivity contribution is 5.79. The van der Waals surface area contributed by atoms with Crippen LogP contribution >= 0.6 is 0 Å². The molecule has 0 aliphatic carbocycles. The van der Waals surface area contributed by atoms with Gasteiger partial charge in [0, 0.05) is 95.9 Å². The van der Waals surface area contributed by atoms with Gasteiger partial charge in [0.25, 0.3) is 0 Å². The minimum atomic E-state index is -0.0972. The van der Waals surface area contributed by atoms with Crippen molar-refractivity contribution in [2.24, 2.45) is 0 Å². The van der Waals surface area contributed by atoms with E-state index in [-0.39, 0.29) is 32.5 Å². The van der Waals surface area contributed by atoms with Crippen molar-refractivity contribution in [2.75, 3.05) is 0 Å². The fraction of sp³-hybridized carbons (Fsp3) is 0.375. The van der Waals surface area contributed by atoms with Crippen LogP contribution in [-0.2, 0) is 32.5 Å². The van der Waals surface area contributed by atoms with E-state index in [0.29, 0.717) is 11.8 Å². The second-order valence-corrected chi connectivity index (χ2v) is 24.1. The third kappa shape index (κ3) is 19.9. The highest BCUT2D eigenvalue weighted by atomic mass is 16.4. The fourth-order valence-corrected chi connectivity index (χ4v) is 6.54. The third-order valence-corrected chi connectivity index (χ3v) is 11.0. The Labute approximate surface area is 437 Å². The molecule has 0 unspecified atom stereocenters. The second-order valence-electron chi connectivity index (χ2n) is 24.1. The van der Waals surface area contributed by atoms with E-state index in [2.05, 4.69) is 225 Å². The smallest absolute Gasteiger partial charge is 0.247 e. The highest BCUT2D eigenvalue weighted by Gasteiger charge is 2.22. The van der Waals surface area contributed by atoms with E-state index in [1.807, 2.05) is 97.3 Å². The Morgan fingerprint density at radius 2 is 0.712 bits per heavy atom. The maximum Gasteiger partial charge on any atom is 0.247 e. The molecule has 0 atom stereocenters. The lowest BCUT2D eigenvalue weighted by Crippen LogP contribution is -2.13. The minimum absolute atomic E-state index is 0.0972. The molecule has 0 fully saturated rings. The SMILES string of the molecule is CC(C)(C)c1ccc2ccccc2n1.CC(C)(C)c1ccc2ccccc2n1.CC(C)(C)c1ccccn1.CC(C)(C)c1ccccn1.CC(C)(C)c1ccncn1.CC(C)(C)c1nnc(-c2ccccc2)o1. The Hall–Kier alpha value is -7.00. The largest absolute Gasteiger partial charge is 0.420 e. The predicted octanol–water partition coefficient (Wildman–Crippen LogP) is 16.6. The summed E-state index contributed by atoms with van der Waals surface area (Å²) in [5.41, 5.74) is 9.47. The molecule has 0 aliphatic heterocycles. The molecular weight excluding hydrogens is 897 g/mol. The lowest BCUT2D eigenvalue weighted by molar-refractivity contribution is 0.399. The molecule has 9 nitrogen and oxygen atoms in total. The molecular formula is C64H82N8O. The van der Waals surface area contributed by atoms with E-state index < -0.39 is 0 Å². The molecule has 0 saturated heterocycles. The molecule has 0 N–H and O–H groups in total. The van der Waals surface area contributed by atoms with Crippen molar-refractivity contribution in [3.8, 4) is 11.5 Å². The lowest BCUT2D eigenvalue weighted by atomic mass is 9.91. The molecule has 0 saturated carbocycles. The molecule has 9 rings (SSSR count). The molecule has 0 amide bonds. The zero-order valence-corrected chi connectivity index (χ0v) is 47.2. The van der Waals surface area contributed by atoms with Crippen molar-refractivity contribution in [2.45, 2.75) is 157 Å². The maximum absolute atomic E-state index is 5.61. The summed E-state index contributed by atoms with van der Waals surface area (Å²) in [6.07, 6.45) is 7.02. The number of nitrogens with zero attached hydrogens (tertiary/aromatic N) is 8. The highest BCUT2D eigenvalue weighted by Crippen LogP contribution is 2.27. The van der Waals surface area contributed by atoms with Crippen molar-refractivity contribution in [3.63, 3.8) is 0 Å². The van der Waals surface area contributed by atoms with Crippen LogP contribution in [0.25, 0.3) is 33.3 Å². The van der Waals surface area contributed by atoms with Crippen molar-refractivity contribution in [1.29, 1.82) is 0 Å². The van der Waals surface area contributed by atoms with Crippen LogP contribution in [0, 0.1) is 0 Å². The minimum Gasteiger partial charge on any atom is -0.420 e. The normalized spacial score (nSPS) is 11.7. The summed E-state index contributed by atoms with van der Waals surface area (Å²) < 4.78 is 5.61. The van der Waals surface area contributed by atoms with Crippen molar-refractivity contribution < 1.29 is 4.42 Å². The topological polar surface area (TPSA) is 116 Å². The van der Waals surface area contributed by atoms with Gasteiger partial charge in [-0.05, 0) is 66.7 Å². The molecule has 0 spiro atoms. The zero-order valence-electron chi connectivity index (χ0n) is 47.2. The van der Waals surface area contributed by atoms with E-state index in [1.54, 1.807) is 12.5 Å². The molecule has 0 radical (unpaired) electrons. The van der Waals surface area contributed by atoms with Crippen LogP contribution in [0.15, 0.2) is 175 Å². The number of aromatic nitrogens is 8. The molecule has 9 heteroatoms. The van der Waals surface area contributed by atoms with E-state index in [4.69, 9.17) is 4.42 Å². The van der Waals surface area contributed by atoms with Gasteiger partial charge in [0.15, 0.2) is 0 Å². The molecule has 0 bridgehead atoms. The molecule has 9 aromatic rings. The van der Waals surface area contributed by atoms with Gasteiger partial charge in [0.05, 0.1) is 11.0 Å². The van der Waals surface area contributed by atoms with Crippen LogP contribution in [0.1, 0.15) is 159 Å². The van der Waals surface area contributed by atoms with Crippen LogP contribution in [0.2, 0.25) is 0 Å². The van der Waals surface area contributed by atoms with Crippen LogP contribution in [0.3, 0.4) is 0 Å². The number of hydrogen-bond donors (Lipinski definition) is 0. The van der Waals surface area contributed by atoms with Crippen molar-refractivity contribution in [1.82, 2.24) is 40.1 Å². The van der Waals surface area contributed by atoms with Gasteiger partial charge < -0.3 is 4.42 Å². The average Bonchev–Trinajstić information content (AvgIpc) is 3.87. The van der Waals surface area contributed by atoms with Crippen LogP contribution in [-0.4, -0.2) is 40.1 Å². The summed E-state index contributed by atoms with van der Waals surface area (Å²) >= 11 is 0. The summed E-state index contributed by atoms with van der Waals surface area (Å²) in [5, 5.41) is 10.5. The summed E-state index contributed by atoms with van der Waals surface area (Å²) in [5.74, 6) is 1.25. The fourth-order valence-electron chi connectivity index (χ4n) is 6.54. The molecule has 6 aromatic heterocycles. The number of pyridine rings is 4. The van der Waals surface area contributed by atoms with Gasteiger partial charge in [0.1, 0.15) is 6.33 Å². The zero-order chi connectivity index (χ0) is 54.1. The quantitative estimate of drug-likeness (QED) is 0.158. The molecule has 0 aliphatic rings. The number of benzene rings is 3. The molecule has 3 aromatic carbocycles. The van der Waals surface area contributed by atoms with Gasteiger partial charge in [-0.1, -0.05) is 203 Å². The van der Waals surface area contributed by atoms with Crippen LogP contribution in [0.5, 0.6) is 0 Å².